The molecule has 1 heterocycles. The number of nitrogens with two attached hydrogens (primary N) is 1. The Kier molecular flexibility index (Phi) is 4.02. The van der Waals surface area contributed by atoms with Gasteiger partial charge in [-0.25, -0.2) is 0 Å². The molecular formula is C15H18N2O2. The first-order valence-corrected chi connectivity index (χ1v) is 6.33. The number of furan rings is 1. The van der Waals surface area contributed by atoms with Crippen molar-refractivity contribution in [3.05, 3.63) is 53.5 Å². The fourth-order valence-electron chi connectivity index (χ4n) is 2.03. The van der Waals surface area contributed by atoms with Crippen LogP contribution in [0.5, 0.6) is 0 Å². The van der Waals surface area contributed by atoms with Gasteiger partial charge in [0.1, 0.15) is 5.76 Å². The van der Waals surface area contributed by atoms with Crippen molar-refractivity contribution in [3.8, 4) is 0 Å². The van der Waals surface area contributed by atoms with E-state index in [0.29, 0.717) is 24.6 Å². The lowest BCUT2D eigenvalue weighted by molar-refractivity contribution is 0.0960. The molecule has 0 aliphatic rings. The molecule has 0 atom stereocenters. The molecule has 0 radical (unpaired) electrons. The number of carbonyl (C=O) groups excluding carboxylic acids is 1. The number of para-hydroxylation sites is 1. The molecule has 0 saturated carbocycles. The van der Waals surface area contributed by atoms with Gasteiger partial charge in [-0.05, 0) is 37.6 Å². The molecule has 2 aromatic rings. The van der Waals surface area contributed by atoms with Crippen LogP contribution < -0.4 is 10.6 Å². The smallest absolute Gasteiger partial charge is 0.293 e. The molecule has 1 amide bonds. The van der Waals surface area contributed by atoms with E-state index in [4.69, 9.17) is 10.2 Å². The number of aryl methyl sites for hydroxylation is 1. The van der Waals surface area contributed by atoms with Crippen LogP contribution in [-0.4, -0.2) is 12.5 Å². The first-order valence-electron chi connectivity index (χ1n) is 6.33. The van der Waals surface area contributed by atoms with E-state index in [0.717, 1.165) is 11.3 Å². The van der Waals surface area contributed by atoms with E-state index in [-0.39, 0.29) is 5.91 Å². The predicted molar refractivity (Wildman–Crippen MR) is 75.1 cm³/mol. The maximum absolute atomic E-state index is 12.4. The summed E-state index contributed by atoms with van der Waals surface area (Å²) in [4.78, 5) is 14.2. The third-order valence-electron chi connectivity index (χ3n) is 3.04. The fraction of sp³-hybridized carbons (Fsp3) is 0.267. The number of rotatable bonds is 4. The SMILES string of the molecule is CCN(C(=O)c1ccc(CN)o1)c1ccccc1C. The fourth-order valence-corrected chi connectivity index (χ4v) is 2.03. The maximum atomic E-state index is 12.4. The molecule has 0 bridgehead atoms. The lowest BCUT2D eigenvalue weighted by Gasteiger charge is -2.21. The Hall–Kier alpha value is -2.07. The number of anilines is 1. The Balaban J connectivity index is 2.32. The number of nitrogens with zero attached hydrogens (tertiary/aromatic N) is 1. The van der Waals surface area contributed by atoms with Crippen molar-refractivity contribution >= 4 is 11.6 Å². The highest BCUT2D eigenvalue weighted by Crippen LogP contribution is 2.22. The minimum absolute atomic E-state index is 0.142. The maximum Gasteiger partial charge on any atom is 0.293 e. The summed E-state index contributed by atoms with van der Waals surface area (Å²) in [5.41, 5.74) is 7.45. The summed E-state index contributed by atoms with van der Waals surface area (Å²) in [7, 11) is 0. The largest absolute Gasteiger partial charge is 0.455 e. The minimum atomic E-state index is -0.142. The van der Waals surface area contributed by atoms with Crippen molar-refractivity contribution in [1.82, 2.24) is 0 Å². The van der Waals surface area contributed by atoms with Gasteiger partial charge in [-0.2, -0.15) is 0 Å². The second-order valence-corrected chi connectivity index (χ2v) is 4.31. The van der Waals surface area contributed by atoms with Gasteiger partial charge in [0.2, 0.25) is 0 Å². The Morgan fingerprint density at radius 1 is 1.26 bits per heavy atom. The van der Waals surface area contributed by atoms with Crippen molar-refractivity contribution in [2.75, 3.05) is 11.4 Å². The van der Waals surface area contributed by atoms with Crippen LogP contribution >= 0.6 is 0 Å². The van der Waals surface area contributed by atoms with Gasteiger partial charge in [0.25, 0.3) is 5.91 Å². The molecule has 0 fully saturated rings. The van der Waals surface area contributed by atoms with Crippen LogP contribution in [0.25, 0.3) is 0 Å². The van der Waals surface area contributed by atoms with Crippen molar-refractivity contribution < 1.29 is 9.21 Å². The van der Waals surface area contributed by atoms with Gasteiger partial charge in [0.15, 0.2) is 5.76 Å². The zero-order chi connectivity index (χ0) is 13.8. The zero-order valence-corrected chi connectivity index (χ0v) is 11.2. The minimum Gasteiger partial charge on any atom is -0.455 e. The van der Waals surface area contributed by atoms with Crippen LogP contribution in [0, 0.1) is 6.92 Å². The van der Waals surface area contributed by atoms with Crippen molar-refractivity contribution in [2.45, 2.75) is 20.4 Å². The van der Waals surface area contributed by atoms with E-state index in [2.05, 4.69) is 0 Å². The Bertz CT molecular complexity index is 575. The van der Waals surface area contributed by atoms with E-state index in [1.807, 2.05) is 38.1 Å². The monoisotopic (exact) mass is 258 g/mol. The van der Waals surface area contributed by atoms with Crippen molar-refractivity contribution in [1.29, 1.82) is 0 Å². The van der Waals surface area contributed by atoms with E-state index in [9.17, 15) is 4.79 Å². The Morgan fingerprint density at radius 2 is 2.00 bits per heavy atom. The molecule has 0 saturated heterocycles. The second-order valence-electron chi connectivity index (χ2n) is 4.31. The number of hydrogen-bond acceptors (Lipinski definition) is 3. The highest BCUT2D eigenvalue weighted by Gasteiger charge is 2.20. The Morgan fingerprint density at radius 3 is 2.58 bits per heavy atom. The third-order valence-corrected chi connectivity index (χ3v) is 3.04. The lowest BCUT2D eigenvalue weighted by atomic mass is 10.1. The summed E-state index contributed by atoms with van der Waals surface area (Å²) in [5.74, 6) is 0.797. The summed E-state index contributed by atoms with van der Waals surface area (Å²) in [6.07, 6.45) is 0. The number of hydrogen-bond donors (Lipinski definition) is 1. The molecule has 0 aliphatic carbocycles. The first-order chi connectivity index (χ1) is 9.17. The van der Waals surface area contributed by atoms with Crippen molar-refractivity contribution in [2.24, 2.45) is 5.73 Å². The molecule has 19 heavy (non-hydrogen) atoms. The zero-order valence-electron chi connectivity index (χ0n) is 11.2. The molecule has 1 aromatic carbocycles. The normalized spacial score (nSPS) is 10.5. The van der Waals surface area contributed by atoms with Crippen LogP contribution in [0.15, 0.2) is 40.8 Å². The molecular weight excluding hydrogens is 240 g/mol. The highest BCUT2D eigenvalue weighted by atomic mass is 16.4. The molecule has 4 nitrogen and oxygen atoms in total. The van der Waals surface area contributed by atoms with Gasteiger partial charge in [0.05, 0.1) is 6.54 Å². The molecule has 1 aromatic heterocycles. The van der Waals surface area contributed by atoms with Gasteiger partial charge in [-0.1, -0.05) is 18.2 Å². The van der Waals surface area contributed by atoms with Crippen molar-refractivity contribution in [3.63, 3.8) is 0 Å². The van der Waals surface area contributed by atoms with Crippen LogP contribution in [0.3, 0.4) is 0 Å². The molecule has 100 valence electrons. The van der Waals surface area contributed by atoms with E-state index < -0.39 is 0 Å². The molecule has 2 rings (SSSR count). The van der Waals surface area contributed by atoms with Gasteiger partial charge in [-0.15, -0.1) is 0 Å². The first kappa shape index (κ1) is 13.4. The summed E-state index contributed by atoms with van der Waals surface area (Å²) in [6.45, 7) is 4.81. The van der Waals surface area contributed by atoms with E-state index in [1.165, 1.54) is 0 Å². The number of amides is 1. The average Bonchev–Trinajstić information content (AvgIpc) is 2.90. The molecule has 0 aliphatic heterocycles. The summed E-state index contributed by atoms with van der Waals surface area (Å²) >= 11 is 0. The number of benzene rings is 1. The quantitative estimate of drug-likeness (QED) is 0.917. The number of carbonyl (C=O) groups is 1. The van der Waals surface area contributed by atoms with Crippen LogP contribution in [0.4, 0.5) is 5.69 Å². The molecule has 4 heteroatoms. The lowest BCUT2D eigenvalue weighted by Crippen LogP contribution is -2.30. The predicted octanol–water partition coefficient (Wildman–Crippen LogP) is 2.71. The summed E-state index contributed by atoms with van der Waals surface area (Å²) in [6, 6.07) is 11.2. The van der Waals surface area contributed by atoms with Gasteiger partial charge in [-0.3, -0.25) is 4.79 Å². The topological polar surface area (TPSA) is 59.5 Å². The highest BCUT2D eigenvalue weighted by molar-refractivity contribution is 6.04. The average molecular weight is 258 g/mol. The van der Waals surface area contributed by atoms with Crippen LogP contribution in [0.2, 0.25) is 0 Å². The van der Waals surface area contributed by atoms with E-state index in [1.54, 1.807) is 17.0 Å². The molecule has 2 N–H and O–H groups in total. The van der Waals surface area contributed by atoms with Gasteiger partial charge < -0.3 is 15.1 Å². The second kappa shape index (κ2) is 5.71. The van der Waals surface area contributed by atoms with E-state index >= 15 is 0 Å². The van der Waals surface area contributed by atoms with Gasteiger partial charge >= 0.3 is 0 Å². The third kappa shape index (κ3) is 2.69. The Labute approximate surface area is 112 Å². The van der Waals surface area contributed by atoms with Crippen LogP contribution in [0.1, 0.15) is 28.8 Å². The van der Waals surface area contributed by atoms with Crippen LogP contribution in [-0.2, 0) is 6.54 Å². The van der Waals surface area contributed by atoms with Gasteiger partial charge in [0, 0.05) is 12.2 Å². The molecule has 0 unspecified atom stereocenters. The summed E-state index contributed by atoms with van der Waals surface area (Å²) < 4.78 is 5.42. The summed E-state index contributed by atoms with van der Waals surface area (Å²) in [5, 5.41) is 0. The standard InChI is InChI=1S/C15H18N2O2/c1-3-17(13-7-5-4-6-11(13)2)15(18)14-9-8-12(10-16)19-14/h4-9H,3,10,16H2,1-2H3. The molecule has 0 spiro atoms.